The molecule has 0 aliphatic heterocycles. The Bertz CT molecular complexity index is 230. The van der Waals surface area contributed by atoms with Crippen LogP contribution in [-0.2, 0) is 11.5 Å². The normalized spacial score (nSPS) is 9.18. The maximum atomic E-state index is 11.9. The van der Waals surface area contributed by atoms with Gasteiger partial charge in [0.2, 0.25) is 0 Å². The molecule has 0 atom stereocenters. The Morgan fingerprint density at radius 1 is 1.36 bits per heavy atom. The minimum Gasteiger partial charge on any atom is -0.429 e. The van der Waals surface area contributed by atoms with Crippen molar-refractivity contribution < 1.29 is 13.9 Å². The molecule has 1 aromatic rings. The number of carbonyl (C=O) groups excluding carboxylic acids is 1. The molecule has 3 heteroatoms. The van der Waals surface area contributed by atoms with E-state index < -0.39 is 6.67 Å². The zero-order valence-corrected chi connectivity index (χ0v) is 5.79. The van der Waals surface area contributed by atoms with E-state index in [1.54, 1.807) is 24.3 Å². The lowest BCUT2D eigenvalue weighted by Crippen LogP contribution is -1.87. The molecule has 1 rings (SSSR count). The Hall–Kier alpha value is -1.38. The molecule has 58 valence electrons. The van der Waals surface area contributed by atoms with Crippen molar-refractivity contribution in [3.63, 3.8) is 0 Å². The number of alkyl halides is 1. The van der Waals surface area contributed by atoms with Gasteiger partial charge < -0.3 is 4.74 Å². The largest absolute Gasteiger partial charge is 0.429 e. The van der Waals surface area contributed by atoms with Crippen molar-refractivity contribution in [2.45, 2.75) is 6.67 Å². The van der Waals surface area contributed by atoms with Crippen LogP contribution >= 0.6 is 0 Å². The second-order valence-electron chi connectivity index (χ2n) is 1.99. The zero-order valence-electron chi connectivity index (χ0n) is 5.79. The molecule has 0 aliphatic carbocycles. The van der Waals surface area contributed by atoms with Crippen LogP contribution in [0.25, 0.3) is 0 Å². The highest BCUT2D eigenvalue weighted by atomic mass is 19.1. The fourth-order valence-corrected chi connectivity index (χ4v) is 0.713. The van der Waals surface area contributed by atoms with E-state index in [1.165, 1.54) is 0 Å². The van der Waals surface area contributed by atoms with E-state index in [4.69, 9.17) is 0 Å². The topological polar surface area (TPSA) is 26.3 Å². The molecule has 0 N–H and O–H groups in total. The van der Waals surface area contributed by atoms with Crippen LogP contribution in [-0.4, -0.2) is 6.47 Å². The summed E-state index contributed by atoms with van der Waals surface area (Å²) in [5.41, 5.74) is 0.572. The molecular weight excluding hydrogens is 147 g/mol. The van der Waals surface area contributed by atoms with Gasteiger partial charge in [-0.2, -0.15) is 0 Å². The summed E-state index contributed by atoms with van der Waals surface area (Å²) < 4.78 is 16.4. The number of rotatable bonds is 3. The summed E-state index contributed by atoms with van der Waals surface area (Å²) in [5.74, 6) is 0.428. The Kier molecular flexibility index (Phi) is 2.60. The van der Waals surface area contributed by atoms with E-state index in [0.717, 1.165) is 0 Å². The lowest BCUT2D eigenvalue weighted by Gasteiger charge is -1.97. The first-order valence-electron chi connectivity index (χ1n) is 3.12. The number of ether oxygens (including phenoxy) is 1. The first kappa shape index (κ1) is 7.72. The van der Waals surface area contributed by atoms with Crippen LogP contribution in [0, 0.1) is 0 Å². The molecule has 0 aromatic heterocycles. The standard InChI is InChI=1S/C8H7FO2/c9-5-7-1-3-8(4-2-7)11-6-10/h1-4,6H,5H2. The van der Waals surface area contributed by atoms with Crippen molar-refractivity contribution >= 4 is 6.47 Å². The van der Waals surface area contributed by atoms with Gasteiger partial charge in [0.1, 0.15) is 12.4 Å². The minimum atomic E-state index is -0.499. The fraction of sp³-hybridized carbons (Fsp3) is 0.125. The second-order valence-corrected chi connectivity index (χ2v) is 1.99. The monoisotopic (exact) mass is 154 g/mol. The first-order chi connectivity index (χ1) is 5.36. The van der Waals surface area contributed by atoms with Gasteiger partial charge in [0.15, 0.2) is 0 Å². The molecule has 0 unspecified atom stereocenters. The molecule has 0 heterocycles. The molecule has 0 saturated heterocycles. The van der Waals surface area contributed by atoms with E-state index in [0.29, 0.717) is 17.8 Å². The van der Waals surface area contributed by atoms with Crippen LogP contribution in [0.4, 0.5) is 4.39 Å². The molecule has 0 amide bonds. The van der Waals surface area contributed by atoms with Gasteiger partial charge in [0.05, 0.1) is 0 Å². The fourth-order valence-electron chi connectivity index (χ4n) is 0.713. The third kappa shape index (κ3) is 2.04. The summed E-state index contributed by atoms with van der Waals surface area (Å²) in [6.45, 7) is -0.161. The maximum absolute atomic E-state index is 11.9. The van der Waals surface area contributed by atoms with Crippen LogP contribution in [0.2, 0.25) is 0 Å². The van der Waals surface area contributed by atoms with Gasteiger partial charge in [0.25, 0.3) is 6.47 Å². The van der Waals surface area contributed by atoms with E-state index >= 15 is 0 Å². The second kappa shape index (κ2) is 3.71. The van der Waals surface area contributed by atoms with Crippen LogP contribution in [0.3, 0.4) is 0 Å². The molecule has 2 nitrogen and oxygen atoms in total. The van der Waals surface area contributed by atoms with E-state index in [1.807, 2.05) is 0 Å². The molecule has 0 spiro atoms. The molecule has 0 fully saturated rings. The number of benzene rings is 1. The number of hydrogen-bond donors (Lipinski definition) is 0. The molecule has 1 aromatic carbocycles. The lowest BCUT2D eigenvalue weighted by atomic mass is 10.2. The van der Waals surface area contributed by atoms with E-state index in [9.17, 15) is 9.18 Å². The highest BCUT2D eigenvalue weighted by molar-refractivity contribution is 5.45. The van der Waals surface area contributed by atoms with Crippen LogP contribution < -0.4 is 4.74 Å². The van der Waals surface area contributed by atoms with Crippen molar-refractivity contribution in [1.82, 2.24) is 0 Å². The van der Waals surface area contributed by atoms with Crippen LogP contribution in [0.5, 0.6) is 5.75 Å². The van der Waals surface area contributed by atoms with Gasteiger partial charge in [-0.15, -0.1) is 0 Å². The van der Waals surface area contributed by atoms with E-state index in [2.05, 4.69) is 4.74 Å². The Morgan fingerprint density at radius 2 is 2.00 bits per heavy atom. The Labute approximate surface area is 63.6 Å². The van der Waals surface area contributed by atoms with Gasteiger partial charge in [0, 0.05) is 0 Å². The summed E-state index contributed by atoms with van der Waals surface area (Å²) >= 11 is 0. The predicted octanol–water partition coefficient (Wildman–Crippen LogP) is 1.69. The van der Waals surface area contributed by atoms with Crippen molar-refractivity contribution in [3.8, 4) is 5.75 Å². The van der Waals surface area contributed by atoms with Gasteiger partial charge in [-0.05, 0) is 17.7 Å². The molecule has 0 bridgehead atoms. The summed E-state index contributed by atoms with van der Waals surface area (Å²) in [4.78, 5) is 9.83. The number of carbonyl (C=O) groups is 1. The Balaban J connectivity index is 2.74. The summed E-state index contributed by atoms with van der Waals surface area (Å²) in [5, 5.41) is 0. The van der Waals surface area contributed by atoms with Gasteiger partial charge in [-0.1, -0.05) is 12.1 Å². The quantitative estimate of drug-likeness (QED) is 0.619. The molecule has 0 aliphatic rings. The zero-order chi connectivity index (χ0) is 8.10. The van der Waals surface area contributed by atoms with Crippen molar-refractivity contribution in [2.75, 3.05) is 0 Å². The predicted molar refractivity (Wildman–Crippen MR) is 37.9 cm³/mol. The minimum absolute atomic E-state index is 0.338. The summed E-state index contributed by atoms with van der Waals surface area (Å²) in [6.07, 6.45) is 0. The highest BCUT2D eigenvalue weighted by Gasteiger charge is 1.92. The maximum Gasteiger partial charge on any atom is 0.298 e. The van der Waals surface area contributed by atoms with Gasteiger partial charge >= 0.3 is 0 Å². The summed E-state index contributed by atoms with van der Waals surface area (Å²) in [6, 6.07) is 6.23. The lowest BCUT2D eigenvalue weighted by molar-refractivity contribution is -0.120. The smallest absolute Gasteiger partial charge is 0.298 e. The molecule has 11 heavy (non-hydrogen) atoms. The van der Waals surface area contributed by atoms with Crippen LogP contribution in [0.15, 0.2) is 24.3 Å². The molecule has 0 saturated carbocycles. The Morgan fingerprint density at radius 3 is 2.45 bits per heavy atom. The van der Waals surface area contributed by atoms with Crippen molar-refractivity contribution in [1.29, 1.82) is 0 Å². The van der Waals surface area contributed by atoms with Gasteiger partial charge in [-0.25, -0.2) is 4.39 Å². The SMILES string of the molecule is O=COc1ccc(CF)cc1. The summed E-state index contributed by atoms with van der Waals surface area (Å²) in [7, 11) is 0. The number of halogens is 1. The van der Waals surface area contributed by atoms with E-state index in [-0.39, 0.29) is 0 Å². The third-order valence-electron chi connectivity index (χ3n) is 1.26. The van der Waals surface area contributed by atoms with Gasteiger partial charge in [-0.3, -0.25) is 4.79 Å². The molecular formula is C8H7FO2. The highest BCUT2D eigenvalue weighted by Crippen LogP contribution is 2.11. The first-order valence-corrected chi connectivity index (χ1v) is 3.12. The van der Waals surface area contributed by atoms with Crippen LogP contribution in [0.1, 0.15) is 5.56 Å². The average Bonchev–Trinajstić information content (AvgIpc) is 2.07. The average molecular weight is 154 g/mol. The molecule has 0 radical (unpaired) electrons. The third-order valence-corrected chi connectivity index (χ3v) is 1.26. The van der Waals surface area contributed by atoms with Crippen molar-refractivity contribution in [2.24, 2.45) is 0 Å². The van der Waals surface area contributed by atoms with Crippen molar-refractivity contribution in [3.05, 3.63) is 29.8 Å². The number of hydrogen-bond acceptors (Lipinski definition) is 2.